The summed E-state index contributed by atoms with van der Waals surface area (Å²) in [6, 6.07) is 21.8. The first-order chi connectivity index (χ1) is 16.5. The van der Waals surface area contributed by atoms with Crippen LogP contribution < -0.4 is 10.1 Å². The van der Waals surface area contributed by atoms with Gasteiger partial charge >= 0.3 is 0 Å². The fourth-order valence-electron chi connectivity index (χ4n) is 3.24. The molecule has 3 aromatic carbocycles. The van der Waals surface area contributed by atoms with E-state index in [0.29, 0.717) is 28.0 Å². The number of Topliss-reactive ketones (excluding diaryl/α,β-unsaturated/α-hetero) is 1. The van der Waals surface area contributed by atoms with Gasteiger partial charge in [-0.3, -0.25) is 14.2 Å². The van der Waals surface area contributed by atoms with Gasteiger partial charge in [0, 0.05) is 23.0 Å². The molecular formula is C25H21FN4O3S. The molecule has 0 saturated heterocycles. The molecule has 7 nitrogen and oxygen atoms in total. The van der Waals surface area contributed by atoms with Crippen LogP contribution in [0.5, 0.6) is 5.75 Å². The fraction of sp³-hybridized carbons (Fsp3) is 0.120. The molecule has 0 radical (unpaired) electrons. The smallest absolute Gasteiger partial charge is 0.232 e. The van der Waals surface area contributed by atoms with Crippen molar-refractivity contribution in [1.29, 1.82) is 0 Å². The third-order valence-corrected chi connectivity index (χ3v) is 5.81. The number of hydrogen-bond donors (Lipinski definition) is 1. The maximum Gasteiger partial charge on any atom is 0.232 e. The Labute approximate surface area is 200 Å². The van der Waals surface area contributed by atoms with Crippen LogP contribution in [-0.2, 0) is 11.2 Å². The summed E-state index contributed by atoms with van der Waals surface area (Å²) < 4.78 is 20.1. The summed E-state index contributed by atoms with van der Waals surface area (Å²) in [5.74, 6) is 0.330. The van der Waals surface area contributed by atoms with Crippen LogP contribution in [0.2, 0.25) is 0 Å². The van der Waals surface area contributed by atoms with E-state index in [-0.39, 0.29) is 23.9 Å². The van der Waals surface area contributed by atoms with Crippen molar-refractivity contribution in [1.82, 2.24) is 14.8 Å². The van der Waals surface area contributed by atoms with E-state index in [1.807, 2.05) is 30.3 Å². The minimum absolute atomic E-state index is 0.0222. The Morgan fingerprint density at radius 2 is 1.76 bits per heavy atom. The van der Waals surface area contributed by atoms with Crippen LogP contribution in [0.3, 0.4) is 0 Å². The number of para-hydroxylation sites is 1. The van der Waals surface area contributed by atoms with E-state index in [2.05, 4.69) is 15.5 Å². The largest absolute Gasteiger partial charge is 0.497 e. The maximum absolute atomic E-state index is 13.1. The van der Waals surface area contributed by atoms with Gasteiger partial charge in [-0.2, -0.15) is 0 Å². The minimum Gasteiger partial charge on any atom is -0.497 e. The number of nitrogens with one attached hydrogen (secondary N) is 1. The molecule has 1 amide bonds. The van der Waals surface area contributed by atoms with Crippen molar-refractivity contribution in [2.45, 2.75) is 11.6 Å². The zero-order valence-corrected chi connectivity index (χ0v) is 19.1. The molecule has 0 saturated carbocycles. The first-order valence-corrected chi connectivity index (χ1v) is 11.4. The van der Waals surface area contributed by atoms with Crippen LogP contribution in [0.4, 0.5) is 10.1 Å². The van der Waals surface area contributed by atoms with Crippen molar-refractivity contribution in [3.05, 3.63) is 96.1 Å². The van der Waals surface area contributed by atoms with Crippen LogP contribution in [0, 0.1) is 5.82 Å². The zero-order valence-electron chi connectivity index (χ0n) is 18.3. The van der Waals surface area contributed by atoms with Gasteiger partial charge in [0.05, 0.1) is 19.3 Å². The van der Waals surface area contributed by atoms with E-state index in [9.17, 15) is 14.0 Å². The highest BCUT2D eigenvalue weighted by Gasteiger charge is 2.19. The van der Waals surface area contributed by atoms with Gasteiger partial charge in [-0.05, 0) is 48.5 Å². The number of rotatable bonds is 9. The number of carbonyl (C=O) groups excluding carboxylic acids is 2. The second-order valence-electron chi connectivity index (χ2n) is 7.25. The normalized spacial score (nSPS) is 10.6. The number of carbonyl (C=O) groups is 2. The Morgan fingerprint density at radius 3 is 2.50 bits per heavy atom. The first-order valence-electron chi connectivity index (χ1n) is 10.4. The molecule has 9 heteroatoms. The van der Waals surface area contributed by atoms with Gasteiger partial charge in [0.25, 0.3) is 0 Å². The van der Waals surface area contributed by atoms with Crippen LogP contribution in [0.15, 0.2) is 84.0 Å². The Bertz CT molecular complexity index is 1290. The number of ketones is 1. The predicted octanol–water partition coefficient (Wildman–Crippen LogP) is 4.57. The van der Waals surface area contributed by atoms with E-state index >= 15 is 0 Å². The number of amides is 1. The number of aromatic nitrogens is 3. The van der Waals surface area contributed by atoms with E-state index < -0.39 is 5.82 Å². The molecular weight excluding hydrogens is 455 g/mol. The van der Waals surface area contributed by atoms with Gasteiger partial charge in [-0.25, -0.2) is 4.39 Å². The zero-order chi connectivity index (χ0) is 23.9. The lowest BCUT2D eigenvalue weighted by Gasteiger charge is -2.11. The molecule has 0 aliphatic heterocycles. The molecule has 1 N–H and O–H groups in total. The molecule has 0 unspecified atom stereocenters. The number of ether oxygens (including phenoxy) is 1. The first kappa shape index (κ1) is 23.2. The quantitative estimate of drug-likeness (QED) is 0.281. The summed E-state index contributed by atoms with van der Waals surface area (Å²) >= 11 is 1.20. The molecule has 172 valence electrons. The van der Waals surface area contributed by atoms with Crippen molar-refractivity contribution in [3.8, 4) is 11.4 Å². The van der Waals surface area contributed by atoms with E-state index in [0.717, 1.165) is 5.69 Å². The van der Waals surface area contributed by atoms with Gasteiger partial charge in [-0.1, -0.05) is 36.0 Å². The van der Waals surface area contributed by atoms with Crippen molar-refractivity contribution < 1.29 is 18.7 Å². The van der Waals surface area contributed by atoms with E-state index in [4.69, 9.17) is 4.74 Å². The minimum atomic E-state index is -0.398. The fourth-order valence-corrected chi connectivity index (χ4v) is 4.11. The lowest BCUT2D eigenvalue weighted by atomic mass is 10.1. The van der Waals surface area contributed by atoms with Crippen molar-refractivity contribution >= 4 is 29.1 Å². The van der Waals surface area contributed by atoms with Crippen LogP contribution in [0.25, 0.3) is 5.69 Å². The average Bonchev–Trinajstić information content (AvgIpc) is 3.25. The Hall–Kier alpha value is -3.98. The number of thioether (sulfide) groups is 1. The van der Waals surface area contributed by atoms with Crippen molar-refractivity contribution in [3.63, 3.8) is 0 Å². The van der Waals surface area contributed by atoms with E-state index in [1.165, 1.54) is 36.0 Å². The number of anilines is 1. The summed E-state index contributed by atoms with van der Waals surface area (Å²) in [7, 11) is 1.56. The van der Waals surface area contributed by atoms with Crippen molar-refractivity contribution in [2.24, 2.45) is 0 Å². The highest BCUT2D eigenvalue weighted by atomic mass is 32.2. The summed E-state index contributed by atoms with van der Waals surface area (Å²) in [6.45, 7) is 0. The lowest BCUT2D eigenvalue weighted by molar-refractivity contribution is -0.115. The molecule has 0 atom stereocenters. The summed E-state index contributed by atoms with van der Waals surface area (Å²) in [6.07, 6.45) is -0.0222. The van der Waals surface area contributed by atoms with Gasteiger partial charge < -0.3 is 10.1 Å². The molecule has 1 aromatic heterocycles. The van der Waals surface area contributed by atoms with E-state index in [1.54, 1.807) is 35.9 Å². The van der Waals surface area contributed by atoms with Gasteiger partial charge in [-0.15, -0.1) is 10.2 Å². The molecule has 0 fully saturated rings. The van der Waals surface area contributed by atoms with Gasteiger partial charge in [0.1, 0.15) is 17.4 Å². The predicted molar refractivity (Wildman–Crippen MR) is 128 cm³/mol. The number of nitrogens with zero attached hydrogens (tertiary/aromatic N) is 3. The SMILES string of the molecule is COc1cccc(NC(=O)Cc2nnc(SCC(=O)c3ccc(F)cc3)n2-c2ccccc2)c1. The number of methoxy groups -OCH3 is 1. The number of halogens is 1. The highest BCUT2D eigenvalue weighted by Crippen LogP contribution is 2.24. The molecule has 0 aliphatic rings. The summed E-state index contributed by atoms with van der Waals surface area (Å²) in [4.78, 5) is 25.3. The molecule has 4 aromatic rings. The maximum atomic E-state index is 13.1. The topological polar surface area (TPSA) is 86.1 Å². The summed E-state index contributed by atoms with van der Waals surface area (Å²) in [5.41, 5.74) is 1.79. The number of benzene rings is 3. The van der Waals surface area contributed by atoms with Crippen LogP contribution in [-0.4, -0.2) is 39.3 Å². The Morgan fingerprint density at radius 1 is 1.00 bits per heavy atom. The third kappa shape index (κ3) is 5.68. The standard InChI is InChI=1S/C25H21FN4O3S/c1-33-21-9-5-6-19(14-21)27-24(32)15-23-28-29-25(30(23)20-7-3-2-4-8-20)34-16-22(31)17-10-12-18(26)13-11-17/h2-14H,15-16H2,1H3,(H,27,32). The van der Waals surface area contributed by atoms with Gasteiger partial charge in [0.15, 0.2) is 10.9 Å². The van der Waals surface area contributed by atoms with Gasteiger partial charge in [0.2, 0.25) is 5.91 Å². The van der Waals surface area contributed by atoms with Crippen molar-refractivity contribution in [2.75, 3.05) is 18.2 Å². The lowest BCUT2D eigenvalue weighted by Crippen LogP contribution is -2.17. The highest BCUT2D eigenvalue weighted by molar-refractivity contribution is 7.99. The Balaban J connectivity index is 1.53. The molecule has 0 aliphatic carbocycles. The summed E-state index contributed by atoms with van der Waals surface area (Å²) in [5, 5.41) is 11.8. The monoisotopic (exact) mass is 476 g/mol. The average molecular weight is 477 g/mol. The number of hydrogen-bond acceptors (Lipinski definition) is 6. The Kier molecular flexibility index (Phi) is 7.34. The second-order valence-corrected chi connectivity index (χ2v) is 8.19. The molecule has 34 heavy (non-hydrogen) atoms. The van der Waals surface area contributed by atoms with Crippen LogP contribution >= 0.6 is 11.8 Å². The second kappa shape index (κ2) is 10.8. The molecule has 1 heterocycles. The molecule has 4 rings (SSSR count). The molecule has 0 spiro atoms. The van der Waals surface area contributed by atoms with Crippen LogP contribution in [0.1, 0.15) is 16.2 Å². The molecule has 0 bridgehead atoms. The third-order valence-electron chi connectivity index (χ3n) is 4.89.